The fourth-order valence-electron chi connectivity index (χ4n) is 1.96. The minimum absolute atomic E-state index is 0.164. The molecule has 1 aromatic carbocycles. The minimum atomic E-state index is 0.164. The van der Waals surface area contributed by atoms with Gasteiger partial charge in [-0.1, -0.05) is 38.1 Å². The molecule has 2 unspecified atom stereocenters. The molecule has 1 rings (SSSR count). The van der Waals surface area contributed by atoms with E-state index in [-0.39, 0.29) is 18.6 Å². The van der Waals surface area contributed by atoms with E-state index in [9.17, 15) is 0 Å². The topological polar surface area (TPSA) is 56.7 Å². The van der Waals surface area contributed by atoms with Crippen molar-refractivity contribution in [2.75, 3.05) is 19.7 Å². The van der Waals surface area contributed by atoms with E-state index in [0.29, 0.717) is 6.54 Å². The first-order valence-corrected chi connectivity index (χ1v) is 7.85. The van der Waals surface area contributed by atoms with Crippen LogP contribution in [0.1, 0.15) is 44.9 Å². The van der Waals surface area contributed by atoms with Gasteiger partial charge in [0.25, 0.3) is 0 Å². The molecule has 118 valence electrons. The second-order valence-corrected chi connectivity index (χ2v) is 5.47. The zero-order chi connectivity index (χ0) is 15.7. The summed E-state index contributed by atoms with van der Waals surface area (Å²) in [5, 5.41) is 15.7. The minimum Gasteiger partial charge on any atom is -0.396 e. The van der Waals surface area contributed by atoms with Gasteiger partial charge in [-0.05, 0) is 37.3 Å². The van der Waals surface area contributed by atoms with Crippen LogP contribution < -0.4 is 10.6 Å². The van der Waals surface area contributed by atoms with Crippen LogP contribution in [0.5, 0.6) is 0 Å². The summed E-state index contributed by atoms with van der Waals surface area (Å²) in [6.07, 6.45) is 1.06. The first kappa shape index (κ1) is 17.5. The van der Waals surface area contributed by atoms with Crippen molar-refractivity contribution < 1.29 is 5.11 Å². The van der Waals surface area contributed by atoms with Crippen LogP contribution >= 0.6 is 0 Å². The molecule has 0 aliphatic heterocycles. The van der Waals surface area contributed by atoms with E-state index in [0.717, 1.165) is 18.9 Å². The van der Waals surface area contributed by atoms with Gasteiger partial charge >= 0.3 is 0 Å². The van der Waals surface area contributed by atoms with E-state index in [1.807, 2.05) is 13.8 Å². The number of hydrogen-bond donors (Lipinski definition) is 3. The molecule has 0 radical (unpaired) electrons. The summed E-state index contributed by atoms with van der Waals surface area (Å²) in [6, 6.07) is 8.86. The largest absolute Gasteiger partial charge is 0.396 e. The number of nitrogens with zero attached hydrogens (tertiary/aromatic N) is 1. The summed E-state index contributed by atoms with van der Waals surface area (Å²) < 4.78 is 0. The average molecular weight is 291 g/mol. The molecule has 0 aromatic heterocycles. The number of aliphatic imine (C=N–C) groups is 1. The number of rotatable bonds is 7. The molecule has 0 saturated carbocycles. The molecule has 0 aliphatic rings. The smallest absolute Gasteiger partial charge is 0.191 e. The maximum Gasteiger partial charge on any atom is 0.191 e. The summed E-state index contributed by atoms with van der Waals surface area (Å²) >= 11 is 0. The Bertz CT molecular complexity index is 428. The summed E-state index contributed by atoms with van der Waals surface area (Å²) in [4.78, 5) is 4.52. The lowest BCUT2D eigenvalue weighted by molar-refractivity contribution is 0.241. The molecular formula is C17H29N3O. The third-order valence-corrected chi connectivity index (χ3v) is 3.46. The molecule has 0 bridgehead atoms. The van der Waals surface area contributed by atoms with Crippen molar-refractivity contribution in [1.82, 2.24) is 10.6 Å². The first-order valence-electron chi connectivity index (χ1n) is 7.85. The van der Waals surface area contributed by atoms with E-state index < -0.39 is 0 Å². The first-order chi connectivity index (χ1) is 10.1. The molecular weight excluding hydrogens is 262 g/mol. The number of aliphatic hydroxyl groups is 1. The molecule has 0 spiro atoms. The zero-order valence-corrected chi connectivity index (χ0v) is 13.7. The van der Waals surface area contributed by atoms with Crippen molar-refractivity contribution in [1.29, 1.82) is 0 Å². The highest BCUT2D eigenvalue weighted by Gasteiger charge is 2.08. The number of aryl methyl sites for hydroxylation is 1. The lowest BCUT2D eigenvalue weighted by Crippen LogP contribution is -2.39. The van der Waals surface area contributed by atoms with Gasteiger partial charge in [-0.3, -0.25) is 4.99 Å². The van der Waals surface area contributed by atoms with Crippen LogP contribution in [0.15, 0.2) is 29.3 Å². The number of benzene rings is 1. The molecule has 0 amide bonds. The van der Waals surface area contributed by atoms with E-state index in [2.05, 4.69) is 53.7 Å². The fourth-order valence-corrected chi connectivity index (χ4v) is 1.96. The van der Waals surface area contributed by atoms with E-state index in [1.54, 1.807) is 0 Å². The number of aliphatic hydroxyl groups excluding tert-OH is 1. The van der Waals surface area contributed by atoms with Crippen LogP contribution in [-0.4, -0.2) is 30.8 Å². The molecule has 4 heteroatoms. The second kappa shape index (κ2) is 9.40. The van der Waals surface area contributed by atoms with Gasteiger partial charge in [0.05, 0.1) is 6.04 Å². The lowest BCUT2D eigenvalue weighted by Gasteiger charge is -2.19. The van der Waals surface area contributed by atoms with E-state index in [1.165, 1.54) is 11.1 Å². The Kier molecular flexibility index (Phi) is 7.83. The Morgan fingerprint density at radius 3 is 2.38 bits per heavy atom. The SMILES string of the molecule is CCNC(=NCC(C)CO)NC(C)c1ccc(CC)cc1. The van der Waals surface area contributed by atoms with Crippen molar-refractivity contribution in [3.8, 4) is 0 Å². The van der Waals surface area contributed by atoms with Crippen molar-refractivity contribution in [3.63, 3.8) is 0 Å². The van der Waals surface area contributed by atoms with Gasteiger partial charge in [-0.25, -0.2) is 0 Å². The number of hydrogen-bond acceptors (Lipinski definition) is 2. The predicted molar refractivity (Wildman–Crippen MR) is 89.6 cm³/mol. The van der Waals surface area contributed by atoms with Crippen molar-refractivity contribution in [2.45, 2.75) is 40.2 Å². The molecule has 4 nitrogen and oxygen atoms in total. The highest BCUT2D eigenvalue weighted by molar-refractivity contribution is 5.80. The van der Waals surface area contributed by atoms with Gasteiger partial charge in [-0.2, -0.15) is 0 Å². The maximum absolute atomic E-state index is 9.08. The van der Waals surface area contributed by atoms with Crippen molar-refractivity contribution in [2.24, 2.45) is 10.9 Å². The van der Waals surface area contributed by atoms with Crippen LogP contribution in [-0.2, 0) is 6.42 Å². The predicted octanol–water partition coefficient (Wildman–Crippen LogP) is 2.49. The van der Waals surface area contributed by atoms with Gasteiger partial charge < -0.3 is 15.7 Å². The van der Waals surface area contributed by atoms with Crippen LogP contribution in [0.2, 0.25) is 0 Å². The fraction of sp³-hybridized carbons (Fsp3) is 0.588. The Morgan fingerprint density at radius 1 is 1.19 bits per heavy atom. The molecule has 0 heterocycles. The van der Waals surface area contributed by atoms with Gasteiger partial charge in [0.1, 0.15) is 0 Å². The Labute approximate surface area is 128 Å². The summed E-state index contributed by atoms with van der Waals surface area (Å²) in [5.74, 6) is 0.976. The third-order valence-electron chi connectivity index (χ3n) is 3.46. The summed E-state index contributed by atoms with van der Waals surface area (Å²) in [7, 11) is 0. The summed E-state index contributed by atoms with van der Waals surface area (Å²) in [5.41, 5.74) is 2.59. The normalized spacial score (nSPS) is 14.6. The van der Waals surface area contributed by atoms with Gasteiger partial charge in [0, 0.05) is 19.7 Å². The number of guanidine groups is 1. The van der Waals surface area contributed by atoms with Gasteiger partial charge in [0.15, 0.2) is 5.96 Å². The zero-order valence-electron chi connectivity index (χ0n) is 13.7. The Morgan fingerprint density at radius 2 is 1.86 bits per heavy atom. The molecule has 3 N–H and O–H groups in total. The van der Waals surface area contributed by atoms with Crippen LogP contribution in [0.4, 0.5) is 0 Å². The molecule has 0 aliphatic carbocycles. The Balaban J connectivity index is 2.67. The Hall–Kier alpha value is -1.55. The third kappa shape index (κ3) is 6.17. The van der Waals surface area contributed by atoms with Crippen molar-refractivity contribution in [3.05, 3.63) is 35.4 Å². The quantitative estimate of drug-likeness (QED) is 0.534. The average Bonchev–Trinajstić information content (AvgIpc) is 2.52. The molecule has 0 saturated heterocycles. The van der Waals surface area contributed by atoms with E-state index >= 15 is 0 Å². The second-order valence-electron chi connectivity index (χ2n) is 5.47. The molecule has 1 aromatic rings. The molecule has 0 fully saturated rings. The highest BCUT2D eigenvalue weighted by atomic mass is 16.3. The molecule has 21 heavy (non-hydrogen) atoms. The van der Waals surface area contributed by atoms with Gasteiger partial charge in [-0.15, -0.1) is 0 Å². The molecule has 2 atom stereocenters. The van der Waals surface area contributed by atoms with E-state index in [4.69, 9.17) is 5.11 Å². The lowest BCUT2D eigenvalue weighted by atomic mass is 10.1. The standard InChI is InChI=1S/C17H29N3O/c1-5-15-7-9-16(10-8-15)14(4)20-17(18-6-2)19-11-13(3)12-21/h7-10,13-14,21H,5-6,11-12H2,1-4H3,(H2,18,19,20). The highest BCUT2D eigenvalue weighted by Crippen LogP contribution is 2.13. The number of nitrogens with one attached hydrogen (secondary N) is 2. The van der Waals surface area contributed by atoms with Crippen LogP contribution in [0, 0.1) is 5.92 Å². The monoisotopic (exact) mass is 291 g/mol. The van der Waals surface area contributed by atoms with Crippen molar-refractivity contribution >= 4 is 5.96 Å². The summed E-state index contributed by atoms with van der Waals surface area (Å²) in [6.45, 7) is 9.93. The van der Waals surface area contributed by atoms with Gasteiger partial charge in [0.2, 0.25) is 0 Å². The van der Waals surface area contributed by atoms with Crippen LogP contribution in [0.3, 0.4) is 0 Å². The maximum atomic E-state index is 9.08. The van der Waals surface area contributed by atoms with Crippen LogP contribution in [0.25, 0.3) is 0 Å².